The van der Waals surface area contributed by atoms with E-state index in [0.29, 0.717) is 11.1 Å². The molecule has 1 aromatic rings. The summed E-state index contributed by atoms with van der Waals surface area (Å²) in [5.41, 5.74) is 1.27. The molecule has 1 fully saturated rings. The number of hydrogen-bond acceptors (Lipinski definition) is 3. The number of aryl methyl sites for hydroxylation is 1. The molecule has 0 aromatic heterocycles. The molecule has 0 spiro atoms. The molecule has 5 heteroatoms. The normalized spacial score (nSPS) is 21.7. The Morgan fingerprint density at radius 2 is 2.10 bits per heavy atom. The Hall–Kier alpha value is -1.38. The maximum atomic E-state index is 12.5. The highest BCUT2D eigenvalue weighted by Crippen LogP contribution is 2.35. The van der Waals surface area contributed by atoms with Crippen LogP contribution in [0.1, 0.15) is 50.7 Å². The average Bonchev–Trinajstić information content (AvgIpc) is 2.36. The van der Waals surface area contributed by atoms with Crippen molar-refractivity contribution in [1.82, 2.24) is 4.72 Å². The highest BCUT2D eigenvalue weighted by atomic mass is 32.2. The summed E-state index contributed by atoms with van der Waals surface area (Å²) in [5.74, 6) is 0. The second-order valence-corrected chi connectivity index (χ2v) is 8.35. The van der Waals surface area contributed by atoms with Crippen molar-refractivity contribution in [3.63, 3.8) is 0 Å². The summed E-state index contributed by atoms with van der Waals surface area (Å²) >= 11 is 0. The van der Waals surface area contributed by atoms with Crippen LogP contribution in [-0.4, -0.2) is 14.5 Å². The summed E-state index contributed by atoms with van der Waals surface area (Å²) in [4.78, 5) is 0.268. The van der Waals surface area contributed by atoms with Crippen LogP contribution in [0.5, 0.6) is 0 Å². The van der Waals surface area contributed by atoms with E-state index in [1.165, 1.54) is 6.07 Å². The van der Waals surface area contributed by atoms with E-state index < -0.39 is 10.0 Å². The van der Waals surface area contributed by atoms with Gasteiger partial charge in [-0.25, -0.2) is 13.1 Å². The first-order valence-electron chi connectivity index (χ1n) is 7.27. The predicted octanol–water partition coefficient (Wildman–Crippen LogP) is 3.11. The van der Waals surface area contributed by atoms with Crippen molar-refractivity contribution in [2.24, 2.45) is 5.41 Å². The fraction of sp³-hybridized carbons (Fsp3) is 0.562. The maximum Gasteiger partial charge on any atom is 0.241 e. The van der Waals surface area contributed by atoms with Gasteiger partial charge in [0, 0.05) is 6.04 Å². The molecule has 21 heavy (non-hydrogen) atoms. The van der Waals surface area contributed by atoms with Gasteiger partial charge in [-0.05, 0) is 55.4 Å². The van der Waals surface area contributed by atoms with E-state index in [4.69, 9.17) is 5.26 Å². The van der Waals surface area contributed by atoms with E-state index in [-0.39, 0.29) is 16.4 Å². The molecule has 2 rings (SSSR count). The molecular formula is C16H22N2O2S. The van der Waals surface area contributed by atoms with E-state index in [2.05, 4.69) is 18.6 Å². The second-order valence-electron chi connectivity index (χ2n) is 6.67. The number of hydrogen-bond donors (Lipinski definition) is 1. The molecule has 1 aliphatic rings. The molecule has 114 valence electrons. The van der Waals surface area contributed by atoms with Gasteiger partial charge in [-0.2, -0.15) is 5.26 Å². The highest BCUT2D eigenvalue weighted by molar-refractivity contribution is 7.89. The van der Waals surface area contributed by atoms with Crippen LogP contribution >= 0.6 is 0 Å². The lowest BCUT2D eigenvalue weighted by Crippen LogP contribution is -2.40. The zero-order valence-electron chi connectivity index (χ0n) is 12.8. The van der Waals surface area contributed by atoms with E-state index >= 15 is 0 Å². The molecule has 1 saturated carbocycles. The number of benzene rings is 1. The third-order valence-electron chi connectivity index (χ3n) is 4.12. The van der Waals surface area contributed by atoms with Gasteiger partial charge in [-0.3, -0.25) is 0 Å². The molecular weight excluding hydrogens is 284 g/mol. The van der Waals surface area contributed by atoms with Crippen molar-refractivity contribution in [2.45, 2.75) is 57.4 Å². The maximum absolute atomic E-state index is 12.5. The summed E-state index contributed by atoms with van der Waals surface area (Å²) in [6.45, 7) is 6.08. The van der Waals surface area contributed by atoms with Crippen LogP contribution in [0.15, 0.2) is 23.1 Å². The lowest BCUT2D eigenvalue weighted by Gasteiger charge is -2.35. The molecule has 4 nitrogen and oxygen atoms in total. The molecule has 0 saturated heterocycles. The standard InChI is InChI=1S/C16H22N2O2S/c1-12-9-13(11-17)6-7-15(12)21(19,20)18-14-5-4-8-16(2,3)10-14/h6-7,9,14,18H,4-5,8,10H2,1-3H3. The Morgan fingerprint density at radius 1 is 1.38 bits per heavy atom. The quantitative estimate of drug-likeness (QED) is 0.932. The van der Waals surface area contributed by atoms with Gasteiger partial charge in [0.1, 0.15) is 0 Å². The molecule has 0 bridgehead atoms. The minimum absolute atomic E-state index is 0.00575. The van der Waals surface area contributed by atoms with Crippen LogP contribution in [-0.2, 0) is 10.0 Å². The lowest BCUT2D eigenvalue weighted by atomic mass is 9.75. The van der Waals surface area contributed by atoms with Gasteiger partial charge in [0.25, 0.3) is 0 Å². The molecule has 0 amide bonds. The van der Waals surface area contributed by atoms with E-state index in [1.54, 1.807) is 19.1 Å². The molecule has 1 aromatic carbocycles. The van der Waals surface area contributed by atoms with Gasteiger partial charge < -0.3 is 0 Å². The van der Waals surface area contributed by atoms with Crippen LogP contribution in [0.25, 0.3) is 0 Å². The summed E-state index contributed by atoms with van der Waals surface area (Å²) in [7, 11) is -3.53. The zero-order valence-corrected chi connectivity index (χ0v) is 13.6. The second kappa shape index (κ2) is 5.78. The van der Waals surface area contributed by atoms with Crippen LogP contribution in [0.4, 0.5) is 0 Å². The molecule has 0 aliphatic heterocycles. The minimum atomic E-state index is -3.53. The smallest absolute Gasteiger partial charge is 0.208 e. The summed E-state index contributed by atoms with van der Waals surface area (Å²) in [6, 6.07) is 6.69. The first kappa shape index (κ1) is 16.0. The number of rotatable bonds is 3. The van der Waals surface area contributed by atoms with Crippen LogP contribution in [0.2, 0.25) is 0 Å². The van der Waals surface area contributed by atoms with Crippen molar-refractivity contribution in [3.8, 4) is 6.07 Å². The molecule has 0 radical (unpaired) electrons. The van der Waals surface area contributed by atoms with Gasteiger partial charge in [0.15, 0.2) is 0 Å². The van der Waals surface area contributed by atoms with Crippen LogP contribution in [0, 0.1) is 23.7 Å². The first-order chi connectivity index (χ1) is 9.73. The van der Waals surface area contributed by atoms with Crippen molar-refractivity contribution in [3.05, 3.63) is 29.3 Å². The van der Waals surface area contributed by atoms with Crippen LogP contribution < -0.4 is 4.72 Å². The molecule has 1 N–H and O–H groups in total. The van der Waals surface area contributed by atoms with E-state index in [0.717, 1.165) is 25.7 Å². The molecule has 1 aliphatic carbocycles. The van der Waals surface area contributed by atoms with Crippen molar-refractivity contribution >= 4 is 10.0 Å². The lowest BCUT2D eigenvalue weighted by molar-refractivity contribution is 0.212. The topological polar surface area (TPSA) is 70.0 Å². The third-order valence-corrected chi connectivity index (χ3v) is 5.80. The van der Waals surface area contributed by atoms with Crippen molar-refractivity contribution in [1.29, 1.82) is 5.26 Å². The monoisotopic (exact) mass is 306 g/mol. The first-order valence-corrected chi connectivity index (χ1v) is 8.75. The third kappa shape index (κ3) is 3.84. The summed E-state index contributed by atoms with van der Waals surface area (Å²) in [6.07, 6.45) is 3.94. The Kier molecular flexibility index (Phi) is 4.40. The average molecular weight is 306 g/mol. The Bertz CT molecular complexity index is 672. The van der Waals surface area contributed by atoms with Gasteiger partial charge in [-0.1, -0.05) is 20.3 Å². The fourth-order valence-corrected chi connectivity index (χ4v) is 4.60. The highest BCUT2D eigenvalue weighted by Gasteiger charge is 2.31. The Balaban J connectivity index is 2.21. The summed E-state index contributed by atoms with van der Waals surface area (Å²) < 4.78 is 27.9. The van der Waals surface area contributed by atoms with Crippen LogP contribution in [0.3, 0.4) is 0 Å². The minimum Gasteiger partial charge on any atom is -0.208 e. The number of nitrogens with one attached hydrogen (secondary N) is 1. The van der Waals surface area contributed by atoms with Gasteiger partial charge >= 0.3 is 0 Å². The van der Waals surface area contributed by atoms with Gasteiger partial charge in [-0.15, -0.1) is 0 Å². The van der Waals surface area contributed by atoms with E-state index in [9.17, 15) is 8.42 Å². The van der Waals surface area contributed by atoms with Gasteiger partial charge in [0.2, 0.25) is 10.0 Å². The number of nitriles is 1. The van der Waals surface area contributed by atoms with E-state index in [1.807, 2.05) is 6.07 Å². The molecule has 1 unspecified atom stereocenters. The van der Waals surface area contributed by atoms with Gasteiger partial charge in [0.05, 0.1) is 16.5 Å². The summed E-state index contributed by atoms with van der Waals surface area (Å²) in [5, 5.41) is 8.86. The zero-order chi connectivity index (χ0) is 15.7. The molecule has 1 atom stereocenters. The number of nitrogens with zero attached hydrogens (tertiary/aromatic N) is 1. The number of sulfonamides is 1. The SMILES string of the molecule is Cc1cc(C#N)ccc1S(=O)(=O)NC1CCCC(C)(C)C1. The largest absolute Gasteiger partial charge is 0.241 e. The van der Waals surface area contributed by atoms with Crippen molar-refractivity contribution in [2.75, 3.05) is 0 Å². The Labute approximate surface area is 127 Å². The predicted molar refractivity (Wildman–Crippen MR) is 82.3 cm³/mol. The Morgan fingerprint density at radius 3 is 2.67 bits per heavy atom. The molecule has 0 heterocycles. The van der Waals surface area contributed by atoms with Crippen molar-refractivity contribution < 1.29 is 8.42 Å². The fourth-order valence-electron chi connectivity index (χ4n) is 3.10.